The predicted molar refractivity (Wildman–Crippen MR) is 129 cm³/mol. The van der Waals surface area contributed by atoms with Crippen molar-refractivity contribution in [3.05, 3.63) is 114 Å². The number of nitrogens with one attached hydrogen (secondary N) is 1. The van der Waals surface area contributed by atoms with Crippen molar-refractivity contribution in [3.8, 4) is 11.3 Å². The smallest absolute Gasteiger partial charge is 0.259 e. The number of carbonyl (C=O) groups excluding carboxylic acids is 1. The molecule has 0 fully saturated rings. The molecule has 0 bridgehead atoms. The summed E-state index contributed by atoms with van der Waals surface area (Å²) in [4.78, 5) is 17.3. The molecule has 1 aliphatic carbocycles. The van der Waals surface area contributed by atoms with Crippen LogP contribution in [0.25, 0.3) is 33.2 Å². The number of pyridine rings is 1. The van der Waals surface area contributed by atoms with Crippen LogP contribution in [0.15, 0.2) is 113 Å². The molecule has 166 valence electrons. The van der Waals surface area contributed by atoms with Crippen LogP contribution in [0, 0.1) is 0 Å². The van der Waals surface area contributed by atoms with E-state index in [9.17, 15) is 4.79 Å². The molecule has 0 saturated heterocycles. The van der Waals surface area contributed by atoms with Crippen molar-refractivity contribution in [1.82, 2.24) is 10.3 Å². The molecule has 34 heavy (non-hydrogen) atoms. The van der Waals surface area contributed by atoms with Crippen LogP contribution in [0.4, 0.5) is 0 Å². The van der Waals surface area contributed by atoms with Crippen LogP contribution in [0.3, 0.4) is 0 Å². The van der Waals surface area contributed by atoms with Gasteiger partial charge in [-0.1, -0.05) is 48.6 Å². The number of ether oxygens (including phenoxy) is 2. The zero-order chi connectivity index (χ0) is 22.9. The fraction of sp³-hybridized carbons (Fsp3) is 0.0714. The van der Waals surface area contributed by atoms with Crippen LogP contribution in [-0.2, 0) is 9.47 Å². The van der Waals surface area contributed by atoms with Gasteiger partial charge in [0.1, 0.15) is 17.4 Å². The average molecular weight is 448 g/mol. The molecule has 4 aromatic rings. The molecule has 1 N–H and O–H groups in total. The first-order valence-corrected chi connectivity index (χ1v) is 11.0. The molecule has 0 radical (unpaired) electrons. The Morgan fingerprint density at radius 2 is 1.88 bits per heavy atom. The molecule has 0 spiro atoms. The topological polar surface area (TPSA) is 73.6 Å². The van der Waals surface area contributed by atoms with Gasteiger partial charge >= 0.3 is 0 Å². The highest BCUT2D eigenvalue weighted by molar-refractivity contribution is 6.09. The van der Waals surface area contributed by atoms with E-state index in [1.165, 1.54) is 12.5 Å². The molecule has 3 heterocycles. The first-order chi connectivity index (χ1) is 16.8. The summed E-state index contributed by atoms with van der Waals surface area (Å²) in [5.74, 6) is 0.484. The van der Waals surface area contributed by atoms with Crippen molar-refractivity contribution in [2.75, 3.05) is 0 Å². The summed E-state index contributed by atoms with van der Waals surface area (Å²) in [6, 6.07) is 17.5. The highest BCUT2D eigenvalue weighted by Crippen LogP contribution is 2.35. The quantitative estimate of drug-likeness (QED) is 0.394. The Morgan fingerprint density at radius 1 is 0.971 bits per heavy atom. The lowest BCUT2D eigenvalue weighted by molar-refractivity contribution is 0.0925. The largest absolute Gasteiger partial charge is 0.463 e. The second-order valence-corrected chi connectivity index (χ2v) is 8.03. The van der Waals surface area contributed by atoms with Gasteiger partial charge in [-0.25, -0.2) is 0 Å². The molecule has 1 amide bonds. The van der Waals surface area contributed by atoms with Gasteiger partial charge in [-0.2, -0.15) is 0 Å². The van der Waals surface area contributed by atoms with Gasteiger partial charge in [0.05, 0.1) is 11.3 Å². The van der Waals surface area contributed by atoms with Crippen LogP contribution >= 0.6 is 0 Å². The number of amides is 1. The van der Waals surface area contributed by atoms with E-state index < -0.39 is 0 Å². The van der Waals surface area contributed by atoms with Crippen molar-refractivity contribution < 1.29 is 18.7 Å². The summed E-state index contributed by atoms with van der Waals surface area (Å²) in [6.45, 7) is 0. The minimum Gasteiger partial charge on any atom is -0.463 e. The average Bonchev–Trinajstić information content (AvgIpc) is 3.28. The third-order valence-corrected chi connectivity index (χ3v) is 5.84. The lowest BCUT2D eigenvalue weighted by Gasteiger charge is -2.19. The number of benzene rings is 2. The van der Waals surface area contributed by atoms with Gasteiger partial charge in [0.25, 0.3) is 5.91 Å². The van der Waals surface area contributed by atoms with E-state index in [1.54, 1.807) is 12.3 Å². The first-order valence-electron chi connectivity index (χ1n) is 11.0. The van der Waals surface area contributed by atoms with Gasteiger partial charge in [-0.3, -0.25) is 15.1 Å². The number of hydrogen-bond acceptors (Lipinski definition) is 5. The number of allylic oxidation sites excluding steroid dienone is 4. The monoisotopic (exact) mass is 448 g/mol. The number of para-hydroxylation sites is 2. The van der Waals surface area contributed by atoms with Crippen molar-refractivity contribution >= 4 is 27.8 Å². The zero-order valence-corrected chi connectivity index (χ0v) is 18.2. The Hall–Kier alpha value is -4.58. The summed E-state index contributed by atoms with van der Waals surface area (Å²) in [7, 11) is 0. The molecule has 0 saturated carbocycles. The van der Waals surface area contributed by atoms with E-state index in [1.807, 2.05) is 60.7 Å². The van der Waals surface area contributed by atoms with Crippen LogP contribution in [-0.4, -0.2) is 10.9 Å². The van der Waals surface area contributed by atoms with Gasteiger partial charge in [0.15, 0.2) is 12.0 Å². The number of fused-ring (bicyclic) bond motifs is 3. The Kier molecular flexibility index (Phi) is 4.96. The number of hydrogen-bond donors (Lipinski definition) is 1. The van der Waals surface area contributed by atoms with Crippen LogP contribution in [0.5, 0.6) is 0 Å². The van der Waals surface area contributed by atoms with Gasteiger partial charge in [-0.15, -0.1) is 0 Å². The van der Waals surface area contributed by atoms with Crippen molar-refractivity contribution in [2.24, 2.45) is 0 Å². The maximum atomic E-state index is 12.8. The molecule has 6 heteroatoms. The number of furan rings is 1. The summed E-state index contributed by atoms with van der Waals surface area (Å²) in [6.07, 6.45) is 12.3. The number of carbonyl (C=O) groups is 1. The molecule has 2 aromatic carbocycles. The highest BCUT2D eigenvalue weighted by atomic mass is 16.6. The van der Waals surface area contributed by atoms with E-state index >= 15 is 0 Å². The third kappa shape index (κ3) is 3.65. The Balaban J connectivity index is 1.21. The third-order valence-electron chi connectivity index (χ3n) is 5.84. The summed E-state index contributed by atoms with van der Waals surface area (Å²) >= 11 is 0. The predicted octanol–water partition coefficient (Wildman–Crippen LogP) is 6.34. The van der Waals surface area contributed by atoms with Crippen LogP contribution < -0.4 is 5.32 Å². The molecule has 0 unspecified atom stereocenters. The van der Waals surface area contributed by atoms with E-state index in [0.717, 1.165) is 51.6 Å². The zero-order valence-electron chi connectivity index (χ0n) is 18.2. The molecule has 1 aliphatic heterocycles. The van der Waals surface area contributed by atoms with Gasteiger partial charge in [0, 0.05) is 22.5 Å². The molecular weight excluding hydrogens is 428 g/mol. The highest BCUT2D eigenvalue weighted by Gasteiger charge is 2.18. The standard InChI is InChI=1S/C28H20N2O4/c31-28(30-26-17-32-16-25(33-26)18-7-2-1-3-8-18)19-13-14-23(29-15-19)22-11-6-10-21-20-9-4-5-12-24(20)34-27(21)22/h1-2,4-7,9-17H,3,8H2,(H,30,31). The van der Waals surface area contributed by atoms with Crippen molar-refractivity contribution in [1.29, 1.82) is 0 Å². The minimum absolute atomic E-state index is 0.231. The molecular formula is C28H20N2O4. The number of rotatable bonds is 4. The second-order valence-electron chi connectivity index (χ2n) is 8.03. The summed E-state index contributed by atoms with van der Waals surface area (Å²) < 4.78 is 17.3. The molecule has 0 atom stereocenters. The molecule has 6 nitrogen and oxygen atoms in total. The van der Waals surface area contributed by atoms with Crippen LogP contribution in [0.2, 0.25) is 0 Å². The number of aromatic nitrogens is 1. The van der Waals surface area contributed by atoms with E-state index in [0.29, 0.717) is 11.3 Å². The number of nitrogens with zero attached hydrogens (tertiary/aromatic N) is 1. The van der Waals surface area contributed by atoms with Crippen LogP contribution in [0.1, 0.15) is 23.2 Å². The maximum absolute atomic E-state index is 12.8. The van der Waals surface area contributed by atoms with E-state index in [4.69, 9.17) is 13.9 Å². The van der Waals surface area contributed by atoms with Crippen molar-refractivity contribution in [3.63, 3.8) is 0 Å². The van der Waals surface area contributed by atoms with Gasteiger partial charge in [0.2, 0.25) is 5.88 Å². The fourth-order valence-electron chi connectivity index (χ4n) is 4.15. The minimum atomic E-state index is -0.338. The Bertz CT molecular complexity index is 1540. The van der Waals surface area contributed by atoms with Gasteiger partial charge in [-0.05, 0) is 42.7 Å². The van der Waals surface area contributed by atoms with E-state index in [2.05, 4.69) is 16.4 Å². The second kappa shape index (κ2) is 8.41. The maximum Gasteiger partial charge on any atom is 0.259 e. The normalized spacial score (nSPS) is 15.2. The van der Waals surface area contributed by atoms with Crippen molar-refractivity contribution in [2.45, 2.75) is 12.8 Å². The molecule has 2 aromatic heterocycles. The molecule has 2 aliphatic rings. The Labute approximate surface area is 195 Å². The molecule has 6 rings (SSSR count). The van der Waals surface area contributed by atoms with Gasteiger partial charge < -0.3 is 13.9 Å². The summed E-state index contributed by atoms with van der Waals surface area (Å²) in [5, 5.41) is 4.84. The lowest BCUT2D eigenvalue weighted by Crippen LogP contribution is -2.25. The fourth-order valence-corrected chi connectivity index (χ4v) is 4.15. The lowest BCUT2D eigenvalue weighted by atomic mass is 10.0. The van der Waals surface area contributed by atoms with E-state index in [-0.39, 0.29) is 11.8 Å². The SMILES string of the molecule is O=C(NC1=COC=C(C2=CC=CCC2)O1)c1ccc(-c2cccc3c2oc2ccccc23)nc1. The Morgan fingerprint density at radius 3 is 2.74 bits per heavy atom. The summed E-state index contributed by atoms with van der Waals surface area (Å²) in [5.41, 5.74) is 4.63. The first kappa shape index (κ1) is 20.1.